The molecule has 0 aliphatic carbocycles. The van der Waals surface area contributed by atoms with Gasteiger partial charge in [-0.3, -0.25) is 0 Å². The zero-order valence-corrected chi connectivity index (χ0v) is 7.73. The summed E-state index contributed by atoms with van der Waals surface area (Å²) in [4.78, 5) is 0. The lowest BCUT2D eigenvalue weighted by Gasteiger charge is -2.10. The van der Waals surface area contributed by atoms with Crippen LogP contribution in [0.25, 0.3) is 0 Å². The second-order valence-corrected chi connectivity index (χ2v) is 2.97. The van der Waals surface area contributed by atoms with E-state index < -0.39 is 0 Å². The zero-order valence-electron chi connectivity index (χ0n) is 7.73. The Bertz CT molecular complexity index is 246. The lowest BCUT2D eigenvalue weighted by molar-refractivity contribution is 0.285. The van der Waals surface area contributed by atoms with Crippen LogP contribution in [0.5, 0.6) is 11.5 Å². The SMILES string of the molecule is CC[C@H](N)COc1ccc(O)cc1. The highest BCUT2D eigenvalue weighted by molar-refractivity contribution is 5.30. The van der Waals surface area contributed by atoms with Gasteiger partial charge in [0.1, 0.15) is 18.1 Å². The van der Waals surface area contributed by atoms with E-state index in [4.69, 9.17) is 15.6 Å². The van der Waals surface area contributed by atoms with E-state index in [1.54, 1.807) is 24.3 Å². The van der Waals surface area contributed by atoms with Gasteiger partial charge in [-0.2, -0.15) is 0 Å². The van der Waals surface area contributed by atoms with Gasteiger partial charge in [0.05, 0.1) is 0 Å². The Morgan fingerprint density at radius 3 is 2.54 bits per heavy atom. The van der Waals surface area contributed by atoms with Gasteiger partial charge < -0.3 is 15.6 Å². The fourth-order valence-electron chi connectivity index (χ4n) is 0.863. The molecule has 0 fully saturated rings. The van der Waals surface area contributed by atoms with E-state index in [9.17, 15) is 0 Å². The number of nitrogens with two attached hydrogens (primary N) is 1. The van der Waals surface area contributed by atoms with Crippen molar-refractivity contribution in [1.82, 2.24) is 0 Å². The molecular weight excluding hydrogens is 166 g/mol. The third kappa shape index (κ3) is 3.34. The molecule has 1 atom stereocenters. The minimum atomic E-state index is 0.0776. The molecule has 3 nitrogen and oxygen atoms in total. The minimum absolute atomic E-state index is 0.0776. The smallest absolute Gasteiger partial charge is 0.119 e. The summed E-state index contributed by atoms with van der Waals surface area (Å²) in [6.07, 6.45) is 0.901. The van der Waals surface area contributed by atoms with Crippen LogP contribution in [0.2, 0.25) is 0 Å². The normalized spacial score (nSPS) is 12.5. The Balaban J connectivity index is 2.41. The van der Waals surface area contributed by atoms with Gasteiger partial charge in [-0.15, -0.1) is 0 Å². The van der Waals surface area contributed by atoms with Crippen LogP contribution >= 0.6 is 0 Å². The lowest BCUT2D eigenvalue weighted by atomic mass is 10.2. The van der Waals surface area contributed by atoms with Gasteiger partial charge in [-0.1, -0.05) is 6.92 Å². The van der Waals surface area contributed by atoms with Gasteiger partial charge in [-0.05, 0) is 30.7 Å². The van der Waals surface area contributed by atoms with Gasteiger partial charge in [0.15, 0.2) is 0 Å². The number of benzene rings is 1. The van der Waals surface area contributed by atoms with Crippen molar-refractivity contribution < 1.29 is 9.84 Å². The van der Waals surface area contributed by atoms with Crippen LogP contribution < -0.4 is 10.5 Å². The third-order valence-electron chi connectivity index (χ3n) is 1.83. The van der Waals surface area contributed by atoms with E-state index >= 15 is 0 Å². The summed E-state index contributed by atoms with van der Waals surface area (Å²) in [5, 5.41) is 9.00. The number of phenols is 1. The number of phenolic OH excluding ortho intramolecular Hbond substituents is 1. The summed E-state index contributed by atoms with van der Waals surface area (Å²) in [7, 11) is 0. The molecule has 1 aromatic rings. The Morgan fingerprint density at radius 1 is 1.38 bits per heavy atom. The van der Waals surface area contributed by atoms with Crippen molar-refractivity contribution >= 4 is 0 Å². The van der Waals surface area contributed by atoms with E-state index in [2.05, 4.69) is 0 Å². The highest BCUT2D eigenvalue weighted by Crippen LogP contribution is 2.15. The first kappa shape index (κ1) is 9.86. The maximum Gasteiger partial charge on any atom is 0.119 e. The van der Waals surface area contributed by atoms with Crippen LogP contribution in [0.1, 0.15) is 13.3 Å². The fraction of sp³-hybridized carbons (Fsp3) is 0.400. The van der Waals surface area contributed by atoms with Crippen LogP contribution in [0, 0.1) is 0 Å². The topological polar surface area (TPSA) is 55.5 Å². The number of aromatic hydroxyl groups is 1. The average molecular weight is 181 g/mol. The first-order chi connectivity index (χ1) is 6.22. The number of hydrogen-bond acceptors (Lipinski definition) is 3. The first-order valence-corrected chi connectivity index (χ1v) is 4.39. The largest absolute Gasteiger partial charge is 0.508 e. The van der Waals surface area contributed by atoms with Crippen LogP contribution in [0.4, 0.5) is 0 Å². The van der Waals surface area contributed by atoms with Crippen molar-refractivity contribution in [2.24, 2.45) is 5.73 Å². The second-order valence-electron chi connectivity index (χ2n) is 2.97. The van der Waals surface area contributed by atoms with Gasteiger partial charge in [-0.25, -0.2) is 0 Å². The van der Waals surface area contributed by atoms with E-state index in [-0.39, 0.29) is 11.8 Å². The highest BCUT2D eigenvalue weighted by atomic mass is 16.5. The summed E-state index contributed by atoms with van der Waals surface area (Å²) < 4.78 is 5.38. The van der Waals surface area contributed by atoms with Gasteiger partial charge in [0.2, 0.25) is 0 Å². The van der Waals surface area contributed by atoms with E-state index in [0.29, 0.717) is 6.61 Å². The lowest BCUT2D eigenvalue weighted by Crippen LogP contribution is -2.26. The van der Waals surface area contributed by atoms with Crippen molar-refractivity contribution in [3.05, 3.63) is 24.3 Å². The average Bonchev–Trinajstić information content (AvgIpc) is 2.16. The summed E-state index contributed by atoms with van der Waals surface area (Å²) in [6.45, 7) is 2.53. The van der Waals surface area contributed by atoms with Crippen molar-refractivity contribution in [2.45, 2.75) is 19.4 Å². The van der Waals surface area contributed by atoms with Crippen molar-refractivity contribution in [2.75, 3.05) is 6.61 Å². The molecule has 0 unspecified atom stereocenters. The molecule has 3 N–H and O–H groups in total. The first-order valence-electron chi connectivity index (χ1n) is 4.39. The molecule has 0 aromatic heterocycles. The molecule has 0 aliphatic heterocycles. The molecule has 0 amide bonds. The second kappa shape index (κ2) is 4.72. The van der Waals surface area contributed by atoms with Crippen LogP contribution in [0.15, 0.2) is 24.3 Å². The fourth-order valence-corrected chi connectivity index (χ4v) is 0.863. The summed E-state index contributed by atoms with van der Waals surface area (Å²) >= 11 is 0. The van der Waals surface area contributed by atoms with Crippen molar-refractivity contribution in [1.29, 1.82) is 0 Å². The van der Waals surface area contributed by atoms with E-state index in [1.807, 2.05) is 6.92 Å². The maximum atomic E-state index is 9.00. The molecule has 3 heteroatoms. The summed E-state index contributed by atoms with van der Waals surface area (Å²) in [6, 6.07) is 6.70. The molecule has 0 bridgehead atoms. The van der Waals surface area contributed by atoms with E-state index in [0.717, 1.165) is 12.2 Å². The zero-order chi connectivity index (χ0) is 9.68. The molecule has 0 radical (unpaired) electrons. The molecule has 0 heterocycles. The van der Waals surface area contributed by atoms with Crippen molar-refractivity contribution in [3.8, 4) is 11.5 Å². The Kier molecular flexibility index (Phi) is 3.58. The molecule has 0 saturated carbocycles. The standard InChI is InChI=1S/C10H15NO2/c1-2-8(11)7-13-10-5-3-9(12)4-6-10/h3-6,8,12H,2,7,11H2,1H3/t8-/m0/s1. The Hall–Kier alpha value is -1.22. The van der Waals surface area contributed by atoms with Crippen LogP contribution in [0.3, 0.4) is 0 Å². The quantitative estimate of drug-likeness (QED) is 0.740. The molecular formula is C10H15NO2. The monoisotopic (exact) mass is 181 g/mol. The summed E-state index contributed by atoms with van der Waals surface area (Å²) in [5.41, 5.74) is 5.68. The minimum Gasteiger partial charge on any atom is -0.508 e. The van der Waals surface area contributed by atoms with Crippen LogP contribution in [-0.4, -0.2) is 17.8 Å². The maximum absolute atomic E-state index is 9.00. The molecule has 72 valence electrons. The van der Waals surface area contributed by atoms with Gasteiger partial charge >= 0.3 is 0 Å². The van der Waals surface area contributed by atoms with E-state index in [1.165, 1.54) is 0 Å². The molecule has 1 rings (SSSR count). The Labute approximate surface area is 78.1 Å². The Morgan fingerprint density at radius 2 is 2.00 bits per heavy atom. The third-order valence-corrected chi connectivity index (χ3v) is 1.83. The van der Waals surface area contributed by atoms with Crippen LogP contribution in [-0.2, 0) is 0 Å². The number of rotatable bonds is 4. The number of hydrogen-bond donors (Lipinski definition) is 2. The molecule has 0 aliphatic rings. The van der Waals surface area contributed by atoms with Gasteiger partial charge in [0, 0.05) is 6.04 Å². The molecule has 0 saturated heterocycles. The molecule has 13 heavy (non-hydrogen) atoms. The van der Waals surface area contributed by atoms with Crippen molar-refractivity contribution in [3.63, 3.8) is 0 Å². The van der Waals surface area contributed by atoms with Gasteiger partial charge in [0.25, 0.3) is 0 Å². The summed E-state index contributed by atoms with van der Waals surface area (Å²) in [5.74, 6) is 0.980. The highest BCUT2D eigenvalue weighted by Gasteiger charge is 1.99. The number of ether oxygens (including phenoxy) is 1. The predicted molar refractivity (Wildman–Crippen MR) is 51.9 cm³/mol. The molecule has 1 aromatic carbocycles. The predicted octanol–water partition coefficient (Wildman–Crippen LogP) is 1.51. The molecule has 0 spiro atoms.